The van der Waals surface area contributed by atoms with Crippen molar-refractivity contribution in [3.8, 4) is 0 Å². The summed E-state index contributed by atoms with van der Waals surface area (Å²) in [6.45, 7) is 7.33. The average molecular weight is 275 g/mol. The van der Waals surface area contributed by atoms with Gasteiger partial charge >= 0.3 is 0 Å². The molecule has 0 aliphatic carbocycles. The van der Waals surface area contributed by atoms with Crippen molar-refractivity contribution in [3.05, 3.63) is 42.5 Å². The second kappa shape index (κ2) is 7.45. The van der Waals surface area contributed by atoms with Crippen LogP contribution >= 0.6 is 0 Å². The Labute approximate surface area is 119 Å². The summed E-state index contributed by atoms with van der Waals surface area (Å²) in [7, 11) is 0. The summed E-state index contributed by atoms with van der Waals surface area (Å²) in [5.74, 6) is -0.412. The van der Waals surface area contributed by atoms with E-state index in [0.29, 0.717) is 17.7 Å². The van der Waals surface area contributed by atoms with Crippen LogP contribution in [-0.2, 0) is 4.79 Å². The molecule has 0 spiro atoms. The number of hydrogen-bond acceptors (Lipinski definition) is 3. The Balaban J connectivity index is 2.65. The molecule has 0 saturated carbocycles. The van der Waals surface area contributed by atoms with Crippen molar-refractivity contribution in [2.75, 3.05) is 5.32 Å². The van der Waals surface area contributed by atoms with E-state index in [1.807, 2.05) is 13.8 Å². The van der Waals surface area contributed by atoms with Crippen LogP contribution in [-0.4, -0.2) is 23.9 Å². The van der Waals surface area contributed by atoms with Gasteiger partial charge in [0, 0.05) is 17.3 Å². The molecule has 4 N–H and O–H groups in total. The van der Waals surface area contributed by atoms with E-state index in [1.165, 1.54) is 0 Å². The molecule has 0 heterocycles. The first-order chi connectivity index (χ1) is 9.43. The SMILES string of the molecule is C=CCC(N)C(=O)Nc1ccc(C(=O)NC(C)C)cc1. The van der Waals surface area contributed by atoms with Gasteiger partial charge in [-0.25, -0.2) is 0 Å². The molecule has 5 heteroatoms. The van der Waals surface area contributed by atoms with Gasteiger partial charge in [-0.15, -0.1) is 6.58 Å². The Kier molecular flexibility index (Phi) is 5.93. The number of nitrogens with one attached hydrogen (secondary N) is 2. The summed E-state index contributed by atoms with van der Waals surface area (Å²) in [5.41, 5.74) is 6.82. The van der Waals surface area contributed by atoms with Gasteiger partial charge in [-0.3, -0.25) is 9.59 Å². The van der Waals surface area contributed by atoms with E-state index in [0.717, 1.165) is 0 Å². The molecule has 2 amide bonds. The van der Waals surface area contributed by atoms with Gasteiger partial charge in [0.25, 0.3) is 5.91 Å². The van der Waals surface area contributed by atoms with Crippen LogP contribution in [0.2, 0.25) is 0 Å². The van der Waals surface area contributed by atoms with Gasteiger partial charge < -0.3 is 16.4 Å². The number of amides is 2. The van der Waals surface area contributed by atoms with Crippen LogP contribution in [0, 0.1) is 0 Å². The normalized spacial score (nSPS) is 11.8. The van der Waals surface area contributed by atoms with Crippen LogP contribution in [0.1, 0.15) is 30.6 Å². The first kappa shape index (κ1) is 15.9. The highest BCUT2D eigenvalue weighted by atomic mass is 16.2. The topological polar surface area (TPSA) is 84.2 Å². The third kappa shape index (κ3) is 4.85. The van der Waals surface area contributed by atoms with Crippen molar-refractivity contribution in [1.29, 1.82) is 0 Å². The minimum Gasteiger partial charge on any atom is -0.350 e. The fraction of sp³-hybridized carbons (Fsp3) is 0.333. The zero-order chi connectivity index (χ0) is 15.1. The summed E-state index contributed by atoms with van der Waals surface area (Å²) < 4.78 is 0. The second-order valence-electron chi connectivity index (χ2n) is 4.83. The lowest BCUT2D eigenvalue weighted by Gasteiger charge is -2.11. The number of benzene rings is 1. The molecular weight excluding hydrogens is 254 g/mol. The van der Waals surface area contributed by atoms with Crippen LogP contribution in [0.15, 0.2) is 36.9 Å². The molecule has 5 nitrogen and oxygen atoms in total. The van der Waals surface area contributed by atoms with Gasteiger partial charge in [0.05, 0.1) is 6.04 Å². The fourth-order valence-electron chi connectivity index (χ4n) is 1.57. The smallest absolute Gasteiger partial charge is 0.251 e. The van der Waals surface area contributed by atoms with Crippen LogP contribution in [0.3, 0.4) is 0 Å². The fourth-order valence-corrected chi connectivity index (χ4v) is 1.57. The molecular formula is C15H21N3O2. The van der Waals surface area contributed by atoms with Crippen molar-refractivity contribution in [2.24, 2.45) is 5.73 Å². The largest absolute Gasteiger partial charge is 0.350 e. The lowest BCUT2D eigenvalue weighted by molar-refractivity contribution is -0.117. The highest BCUT2D eigenvalue weighted by Crippen LogP contribution is 2.10. The van der Waals surface area contributed by atoms with E-state index in [4.69, 9.17) is 5.73 Å². The van der Waals surface area contributed by atoms with Gasteiger partial charge in [0.1, 0.15) is 0 Å². The summed E-state index contributed by atoms with van der Waals surface area (Å²) >= 11 is 0. The standard InChI is InChI=1S/C15H21N3O2/c1-4-5-13(16)15(20)18-12-8-6-11(7-9-12)14(19)17-10(2)3/h4,6-10,13H,1,5,16H2,2-3H3,(H,17,19)(H,18,20). The first-order valence-corrected chi connectivity index (χ1v) is 6.52. The lowest BCUT2D eigenvalue weighted by atomic mass is 10.1. The number of carbonyl (C=O) groups excluding carboxylic acids is 2. The minimum absolute atomic E-state index is 0.0822. The molecule has 20 heavy (non-hydrogen) atoms. The average Bonchev–Trinajstić information content (AvgIpc) is 2.39. The number of anilines is 1. The van der Waals surface area contributed by atoms with Crippen molar-refractivity contribution in [1.82, 2.24) is 5.32 Å². The Morgan fingerprint density at radius 1 is 1.30 bits per heavy atom. The van der Waals surface area contributed by atoms with E-state index < -0.39 is 6.04 Å². The zero-order valence-corrected chi connectivity index (χ0v) is 11.8. The molecule has 1 aromatic carbocycles. The maximum absolute atomic E-state index is 11.8. The predicted molar refractivity (Wildman–Crippen MR) is 80.5 cm³/mol. The maximum Gasteiger partial charge on any atom is 0.251 e. The van der Waals surface area contributed by atoms with Gasteiger partial charge in [0.15, 0.2) is 0 Å². The Morgan fingerprint density at radius 2 is 1.90 bits per heavy atom. The molecule has 0 fully saturated rings. The van der Waals surface area contributed by atoms with Crippen LogP contribution in [0.25, 0.3) is 0 Å². The van der Waals surface area contributed by atoms with Crippen molar-refractivity contribution in [2.45, 2.75) is 32.4 Å². The maximum atomic E-state index is 11.8. The van der Waals surface area contributed by atoms with Gasteiger partial charge in [-0.1, -0.05) is 6.08 Å². The van der Waals surface area contributed by atoms with Crippen molar-refractivity contribution < 1.29 is 9.59 Å². The number of hydrogen-bond donors (Lipinski definition) is 3. The second-order valence-corrected chi connectivity index (χ2v) is 4.83. The monoisotopic (exact) mass is 275 g/mol. The molecule has 0 aliphatic rings. The van der Waals surface area contributed by atoms with E-state index in [2.05, 4.69) is 17.2 Å². The third-order valence-corrected chi connectivity index (χ3v) is 2.59. The molecule has 0 aromatic heterocycles. The van der Waals surface area contributed by atoms with E-state index in [9.17, 15) is 9.59 Å². The Hall–Kier alpha value is -2.14. The zero-order valence-electron chi connectivity index (χ0n) is 11.8. The summed E-state index contributed by atoms with van der Waals surface area (Å²) in [4.78, 5) is 23.5. The van der Waals surface area contributed by atoms with Crippen LogP contribution in [0.5, 0.6) is 0 Å². The quantitative estimate of drug-likeness (QED) is 0.690. The highest BCUT2D eigenvalue weighted by molar-refractivity contribution is 5.97. The molecule has 0 bridgehead atoms. The van der Waals surface area contributed by atoms with Crippen LogP contribution < -0.4 is 16.4 Å². The minimum atomic E-state index is -0.614. The van der Waals surface area contributed by atoms with Gasteiger partial charge in [0.2, 0.25) is 5.91 Å². The lowest BCUT2D eigenvalue weighted by Crippen LogP contribution is -2.35. The highest BCUT2D eigenvalue weighted by Gasteiger charge is 2.12. The van der Waals surface area contributed by atoms with Gasteiger partial charge in [-0.05, 0) is 44.5 Å². The molecule has 1 unspecified atom stereocenters. The van der Waals surface area contributed by atoms with Gasteiger partial charge in [-0.2, -0.15) is 0 Å². The third-order valence-electron chi connectivity index (χ3n) is 2.59. The number of nitrogens with two attached hydrogens (primary N) is 1. The number of rotatable bonds is 6. The first-order valence-electron chi connectivity index (χ1n) is 6.52. The van der Waals surface area contributed by atoms with E-state index in [1.54, 1.807) is 30.3 Å². The van der Waals surface area contributed by atoms with E-state index in [-0.39, 0.29) is 17.9 Å². The predicted octanol–water partition coefficient (Wildman–Crippen LogP) is 1.67. The van der Waals surface area contributed by atoms with Crippen molar-refractivity contribution in [3.63, 3.8) is 0 Å². The Bertz CT molecular complexity index is 480. The summed E-state index contributed by atoms with van der Waals surface area (Å²) in [6, 6.07) is 6.13. The number of carbonyl (C=O) groups is 2. The molecule has 0 aliphatic heterocycles. The summed E-state index contributed by atoms with van der Waals surface area (Å²) in [5, 5.41) is 5.49. The molecule has 0 radical (unpaired) electrons. The molecule has 1 rings (SSSR count). The van der Waals surface area contributed by atoms with Crippen molar-refractivity contribution >= 4 is 17.5 Å². The molecule has 108 valence electrons. The molecule has 0 saturated heterocycles. The molecule has 1 atom stereocenters. The van der Waals surface area contributed by atoms with Crippen LogP contribution in [0.4, 0.5) is 5.69 Å². The Morgan fingerprint density at radius 3 is 2.40 bits per heavy atom. The van der Waals surface area contributed by atoms with E-state index >= 15 is 0 Å². The molecule has 1 aromatic rings. The summed E-state index contributed by atoms with van der Waals surface area (Å²) in [6.07, 6.45) is 2.02.